The summed E-state index contributed by atoms with van der Waals surface area (Å²) >= 11 is 0. The average Bonchev–Trinajstić information content (AvgIpc) is 2.14. The molecule has 0 saturated heterocycles. The first kappa shape index (κ1) is 15.2. The zero-order valence-electron chi connectivity index (χ0n) is 9.36. The van der Waals surface area contributed by atoms with E-state index in [1.807, 2.05) is 19.2 Å². The predicted molar refractivity (Wildman–Crippen MR) is 69.8 cm³/mol. The molecule has 0 spiro atoms. The molecule has 16 heavy (non-hydrogen) atoms. The molecule has 6 heteroatoms. The third-order valence-electron chi connectivity index (χ3n) is 1.92. The lowest BCUT2D eigenvalue weighted by atomic mass is 10.1. The fourth-order valence-corrected chi connectivity index (χ4v) is 1.79. The fraction of sp³-hybridized carbons (Fsp3) is 0.400. The second-order valence-electron chi connectivity index (χ2n) is 3.42. The maximum Gasteiger partial charge on any atom is 0.229 e. The van der Waals surface area contributed by atoms with Crippen LogP contribution in [-0.2, 0) is 16.4 Å². The Hall–Kier alpha value is -0.780. The Morgan fingerprint density at radius 2 is 1.75 bits per heavy atom. The van der Waals surface area contributed by atoms with Gasteiger partial charge >= 0.3 is 0 Å². The number of halogens is 1. The van der Waals surface area contributed by atoms with Crippen LogP contribution in [0.5, 0.6) is 0 Å². The summed E-state index contributed by atoms with van der Waals surface area (Å²) in [4.78, 5) is 0. The highest BCUT2D eigenvalue weighted by atomic mass is 35.5. The van der Waals surface area contributed by atoms with Crippen molar-refractivity contribution in [3.8, 4) is 0 Å². The Bertz CT molecular complexity index is 403. The molecule has 0 radical (unpaired) electrons. The van der Waals surface area contributed by atoms with Gasteiger partial charge in [0.15, 0.2) is 0 Å². The van der Waals surface area contributed by atoms with Crippen molar-refractivity contribution in [3.05, 3.63) is 29.8 Å². The fourth-order valence-electron chi connectivity index (χ4n) is 1.22. The van der Waals surface area contributed by atoms with Gasteiger partial charge in [0.1, 0.15) is 0 Å². The highest BCUT2D eigenvalue weighted by molar-refractivity contribution is 7.92. The summed E-state index contributed by atoms with van der Waals surface area (Å²) in [6, 6.07) is 7.38. The van der Waals surface area contributed by atoms with Crippen molar-refractivity contribution in [1.29, 1.82) is 0 Å². The molecular weight excluding hydrogens is 248 g/mol. The van der Waals surface area contributed by atoms with Crippen molar-refractivity contribution < 1.29 is 8.42 Å². The van der Waals surface area contributed by atoms with E-state index in [1.54, 1.807) is 12.1 Å². The van der Waals surface area contributed by atoms with Gasteiger partial charge in [-0.15, -0.1) is 12.4 Å². The van der Waals surface area contributed by atoms with Gasteiger partial charge in [-0.25, -0.2) is 8.42 Å². The van der Waals surface area contributed by atoms with Crippen molar-refractivity contribution in [3.63, 3.8) is 0 Å². The SMILES string of the molecule is CNCCc1ccc(NS(C)(=O)=O)cc1.Cl. The van der Waals surface area contributed by atoms with Gasteiger partial charge in [0, 0.05) is 5.69 Å². The minimum absolute atomic E-state index is 0. The van der Waals surface area contributed by atoms with Crippen LogP contribution in [0.4, 0.5) is 5.69 Å². The highest BCUT2D eigenvalue weighted by Gasteiger charge is 2.00. The molecule has 1 rings (SSSR count). The second kappa shape index (κ2) is 6.73. The van der Waals surface area contributed by atoms with E-state index in [1.165, 1.54) is 5.56 Å². The summed E-state index contributed by atoms with van der Waals surface area (Å²) in [5, 5.41) is 3.06. The summed E-state index contributed by atoms with van der Waals surface area (Å²) in [5.41, 5.74) is 1.79. The summed E-state index contributed by atoms with van der Waals surface area (Å²) in [5.74, 6) is 0. The molecule has 0 unspecified atom stereocenters. The average molecular weight is 265 g/mol. The quantitative estimate of drug-likeness (QED) is 0.841. The zero-order valence-corrected chi connectivity index (χ0v) is 11.0. The van der Waals surface area contributed by atoms with Gasteiger partial charge in [0.05, 0.1) is 6.26 Å². The molecule has 0 amide bonds. The number of sulfonamides is 1. The number of hydrogen-bond donors (Lipinski definition) is 2. The summed E-state index contributed by atoms with van der Waals surface area (Å²) in [7, 11) is -1.27. The van der Waals surface area contributed by atoms with Crippen LogP contribution in [0.3, 0.4) is 0 Å². The van der Waals surface area contributed by atoms with Crippen LogP contribution < -0.4 is 10.0 Å². The lowest BCUT2D eigenvalue weighted by molar-refractivity contribution is 0.607. The maximum atomic E-state index is 10.9. The molecule has 0 aliphatic carbocycles. The normalized spacial score (nSPS) is 10.6. The minimum atomic E-state index is -3.17. The Balaban J connectivity index is 0.00000225. The predicted octanol–water partition coefficient (Wildman–Crippen LogP) is 1.24. The topological polar surface area (TPSA) is 58.2 Å². The zero-order chi connectivity index (χ0) is 11.3. The highest BCUT2D eigenvalue weighted by Crippen LogP contribution is 2.10. The molecule has 0 atom stereocenters. The molecule has 4 nitrogen and oxygen atoms in total. The summed E-state index contributed by atoms with van der Waals surface area (Å²) < 4.78 is 24.3. The molecule has 1 aromatic carbocycles. The first-order valence-corrected chi connectivity index (χ1v) is 6.62. The van der Waals surface area contributed by atoms with Crippen molar-refractivity contribution in [2.45, 2.75) is 6.42 Å². The minimum Gasteiger partial charge on any atom is -0.319 e. The van der Waals surface area contributed by atoms with Gasteiger partial charge in [0.25, 0.3) is 0 Å². The van der Waals surface area contributed by atoms with E-state index in [0.717, 1.165) is 19.2 Å². The smallest absolute Gasteiger partial charge is 0.229 e. The van der Waals surface area contributed by atoms with Crippen LogP contribution in [0.25, 0.3) is 0 Å². The van der Waals surface area contributed by atoms with Crippen LogP contribution in [0, 0.1) is 0 Å². The van der Waals surface area contributed by atoms with Gasteiger partial charge in [-0.3, -0.25) is 4.72 Å². The van der Waals surface area contributed by atoms with Gasteiger partial charge in [0.2, 0.25) is 10.0 Å². The van der Waals surface area contributed by atoms with E-state index in [4.69, 9.17) is 0 Å². The monoisotopic (exact) mass is 264 g/mol. The van der Waals surface area contributed by atoms with Gasteiger partial charge in [-0.1, -0.05) is 12.1 Å². The molecule has 92 valence electrons. The largest absolute Gasteiger partial charge is 0.319 e. The standard InChI is InChI=1S/C10H16N2O2S.ClH/c1-11-8-7-9-3-5-10(6-4-9)12-15(2,13)14;/h3-6,11-12H,7-8H2,1-2H3;1H. The lowest BCUT2D eigenvalue weighted by Crippen LogP contribution is -2.11. The number of nitrogens with one attached hydrogen (secondary N) is 2. The van der Waals surface area contributed by atoms with Crippen LogP contribution in [0.15, 0.2) is 24.3 Å². The first-order chi connectivity index (χ1) is 7.01. The third kappa shape index (κ3) is 5.95. The number of anilines is 1. The Morgan fingerprint density at radius 1 is 1.19 bits per heavy atom. The van der Waals surface area contributed by atoms with Crippen molar-refractivity contribution in [2.75, 3.05) is 24.6 Å². The van der Waals surface area contributed by atoms with Crippen LogP contribution >= 0.6 is 12.4 Å². The van der Waals surface area contributed by atoms with E-state index >= 15 is 0 Å². The Morgan fingerprint density at radius 3 is 2.19 bits per heavy atom. The molecule has 2 N–H and O–H groups in total. The molecule has 0 aliphatic rings. The summed E-state index contributed by atoms with van der Waals surface area (Å²) in [6.45, 7) is 0.916. The second-order valence-corrected chi connectivity index (χ2v) is 5.17. The molecule has 0 fully saturated rings. The third-order valence-corrected chi connectivity index (χ3v) is 2.53. The first-order valence-electron chi connectivity index (χ1n) is 4.72. The van der Waals surface area contributed by atoms with E-state index in [0.29, 0.717) is 5.69 Å². The molecule has 0 aliphatic heterocycles. The van der Waals surface area contributed by atoms with E-state index in [-0.39, 0.29) is 12.4 Å². The Kier molecular flexibility index (Phi) is 6.40. The van der Waals surface area contributed by atoms with Crippen LogP contribution in [0.1, 0.15) is 5.56 Å². The molecule has 0 heterocycles. The maximum absolute atomic E-state index is 10.9. The van der Waals surface area contributed by atoms with Gasteiger partial charge in [-0.2, -0.15) is 0 Å². The summed E-state index contributed by atoms with van der Waals surface area (Å²) in [6.07, 6.45) is 2.08. The number of rotatable bonds is 5. The van der Waals surface area contributed by atoms with Gasteiger partial charge in [-0.05, 0) is 37.7 Å². The van der Waals surface area contributed by atoms with Crippen LogP contribution in [0.2, 0.25) is 0 Å². The molecule has 1 aromatic rings. The van der Waals surface area contributed by atoms with Crippen molar-refractivity contribution in [1.82, 2.24) is 5.32 Å². The molecule has 0 bridgehead atoms. The number of likely N-dealkylation sites (N-methyl/N-ethyl adjacent to an activating group) is 1. The molecule has 0 saturated carbocycles. The molecule has 0 aromatic heterocycles. The van der Waals surface area contributed by atoms with Crippen molar-refractivity contribution in [2.24, 2.45) is 0 Å². The number of hydrogen-bond acceptors (Lipinski definition) is 3. The van der Waals surface area contributed by atoms with Crippen LogP contribution in [-0.4, -0.2) is 28.3 Å². The van der Waals surface area contributed by atoms with E-state index in [9.17, 15) is 8.42 Å². The Labute approximate surface area is 103 Å². The lowest BCUT2D eigenvalue weighted by Gasteiger charge is -2.05. The van der Waals surface area contributed by atoms with E-state index < -0.39 is 10.0 Å². The van der Waals surface area contributed by atoms with Gasteiger partial charge < -0.3 is 5.32 Å². The van der Waals surface area contributed by atoms with E-state index in [2.05, 4.69) is 10.0 Å². The molecular formula is C10H17ClN2O2S. The number of benzene rings is 1. The van der Waals surface area contributed by atoms with Crippen molar-refractivity contribution >= 4 is 28.1 Å².